The molecule has 0 aromatic heterocycles. The van der Waals surface area contributed by atoms with E-state index in [1.54, 1.807) is 12.1 Å². The van der Waals surface area contributed by atoms with Crippen LogP contribution >= 0.6 is 23.2 Å². The van der Waals surface area contributed by atoms with Crippen LogP contribution in [0, 0.1) is 0 Å². The molecule has 1 aromatic carbocycles. The van der Waals surface area contributed by atoms with Crippen LogP contribution in [-0.2, 0) is 0 Å². The summed E-state index contributed by atoms with van der Waals surface area (Å²) in [5, 5.41) is 9.30. The second-order valence-electron chi connectivity index (χ2n) is 2.20. The number of hydrogen-bond donors (Lipinski definition) is 1. The fourth-order valence-corrected chi connectivity index (χ4v) is 1.28. The maximum absolute atomic E-state index is 9.30. The number of hydrogen-bond acceptors (Lipinski definition) is 2. The lowest BCUT2D eigenvalue weighted by Gasteiger charge is -2.09. The fourth-order valence-electron chi connectivity index (χ4n) is 0.936. The van der Waals surface area contributed by atoms with Gasteiger partial charge in [-0.2, -0.15) is 0 Å². The van der Waals surface area contributed by atoms with Crippen molar-refractivity contribution in [3.05, 3.63) is 23.8 Å². The van der Waals surface area contributed by atoms with Crippen LogP contribution in [-0.4, -0.2) is 12.2 Å². The molecule has 0 unspecified atom stereocenters. The molecule has 0 aliphatic carbocycles. The summed E-state index contributed by atoms with van der Waals surface area (Å²) in [5.74, 6) is 0.369. The van der Waals surface area contributed by atoms with E-state index in [4.69, 9.17) is 27.9 Å². The van der Waals surface area contributed by atoms with Crippen molar-refractivity contribution in [3.8, 4) is 11.5 Å². The molecule has 0 aliphatic heterocycles. The van der Waals surface area contributed by atoms with Gasteiger partial charge in [-0.05, 0) is 6.07 Å². The van der Waals surface area contributed by atoms with Crippen LogP contribution in [0.1, 0.15) is 10.4 Å². The van der Waals surface area contributed by atoms with Crippen molar-refractivity contribution >= 4 is 23.2 Å². The summed E-state index contributed by atoms with van der Waals surface area (Å²) in [6.07, 6.45) is 0. The number of phenolic OH excluding ortho intramolecular Hbond substituents is 1. The Kier molecular flexibility index (Phi) is 3.06. The van der Waals surface area contributed by atoms with Crippen LogP contribution < -0.4 is 4.74 Å². The Bertz CT molecular complexity index is 274. The van der Waals surface area contributed by atoms with Gasteiger partial charge in [0.05, 0.1) is 7.11 Å². The predicted octanol–water partition coefficient (Wildman–Crippen LogP) is 2.88. The lowest BCUT2D eigenvalue weighted by molar-refractivity contribution is 0.370. The highest BCUT2D eigenvalue weighted by molar-refractivity contribution is 6.44. The van der Waals surface area contributed by atoms with E-state index in [-0.39, 0.29) is 5.75 Å². The maximum atomic E-state index is 9.30. The molecule has 2 nitrogen and oxygen atoms in total. The zero-order valence-electron chi connectivity index (χ0n) is 6.42. The van der Waals surface area contributed by atoms with E-state index in [9.17, 15) is 5.11 Å². The van der Waals surface area contributed by atoms with E-state index in [2.05, 4.69) is 0 Å². The number of alkyl halides is 2. The molecule has 1 N–H and O–H groups in total. The largest absolute Gasteiger partial charge is 0.504 e. The molecule has 1 rings (SSSR count). The first-order valence-corrected chi connectivity index (χ1v) is 4.18. The van der Waals surface area contributed by atoms with E-state index in [0.717, 1.165) is 0 Å². The highest BCUT2D eigenvalue weighted by Gasteiger charge is 2.13. The Balaban J connectivity index is 3.18. The van der Waals surface area contributed by atoms with E-state index in [1.807, 2.05) is 0 Å². The van der Waals surface area contributed by atoms with Crippen LogP contribution in [0.3, 0.4) is 0 Å². The molecule has 0 saturated carbocycles. The summed E-state index contributed by atoms with van der Waals surface area (Å²) in [5.41, 5.74) is 0.570. The maximum Gasteiger partial charge on any atom is 0.166 e. The van der Waals surface area contributed by atoms with Crippen LogP contribution in [0.4, 0.5) is 0 Å². The minimum absolute atomic E-state index is 0.0429. The quantitative estimate of drug-likeness (QED) is 0.755. The fraction of sp³-hybridized carbons (Fsp3) is 0.250. The Morgan fingerprint density at radius 3 is 2.50 bits per heavy atom. The predicted molar refractivity (Wildman–Crippen MR) is 49.1 cm³/mol. The number of para-hydroxylation sites is 1. The molecule has 0 bridgehead atoms. The molecule has 0 amide bonds. The van der Waals surface area contributed by atoms with Crippen molar-refractivity contribution in [3.63, 3.8) is 0 Å². The van der Waals surface area contributed by atoms with Gasteiger partial charge in [-0.15, -0.1) is 0 Å². The van der Waals surface area contributed by atoms with Gasteiger partial charge in [-0.3, -0.25) is 0 Å². The van der Waals surface area contributed by atoms with Gasteiger partial charge in [0.25, 0.3) is 0 Å². The van der Waals surface area contributed by atoms with Gasteiger partial charge in [-0.25, -0.2) is 0 Å². The van der Waals surface area contributed by atoms with E-state index < -0.39 is 4.84 Å². The van der Waals surface area contributed by atoms with Gasteiger partial charge < -0.3 is 9.84 Å². The first-order valence-electron chi connectivity index (χ1n) is 3.31. The Hall–Kier alpha value is -0.600. The Morgan fingerprint density at radius 2 is 2.08 bits per heavy atom. The van der Waals surface area contributed by atoms with Gasteiger partial charge in [-0.1, -0.05) is 35.3 Å². The molecular weight excluding hydrogens is 199 g/mol. The molecule has 66 valence electrons. The molecule has 0 atom stereocenters. The number of aromatic hydroxyl groups is 1. The smallest absolute Gasteiger partial charge is 0.166 e. The van der Waals surface area contributed by atoms with Gasteiger partial charge in [0.2, 0.25) is 0 Å². The average molecular weight is 207 g/mol. The molecule has 12 heavy (non-hydrogen) atoms. The zero-order chi connectivity index (χ0) is 9.14. The third-order valence-corrected chi connectivity index (χ3v) is 1.93. The van der Waals surface area contributed by atoms with Crippen molar-refractivity contribution < 1.29 is 9.84 Å². The highest BCUT2D eigenvalue weighted by atomic mass is 35.5. The number of methoxy groups -OCH3 is 1. The number of halogens is 2. The number of ether oxygens (including phenoxy) is 1. The van der Waals surface area contributed by atoms with Crippen LogP contribution in [0.2, 0.25) is 0 Å². The summed E-state index contributed by atoms with van der Waals surface area (Å²) in [6, 6.07) is 4.87. The summed E-state index contributed by atoms with van der Waals surface area (Å²) in [4.78, 5) is -0.688. The molecular formula is C8H8Cl2O2. The van der Waals surface area contributed by atoms with Crippen LogP contribution in [0.25, 0.3) is 0 Å². The lowest BCUT2D eigenvalue weighted by Crippen LogP contribution is -1.90. The summed E-state index contributed by atoms with van der Waals surface area (Å²) in [7, 11) is 1.45. The molecule has 1 aromatic rings. The second-order valence-corrected chi connectivity index (χ2v) is 3.30. The number of phenols is 1. The summed E-state index contributed by atoms with van der Waals surface area (Å²) in [6.45, 7) is 0. The molecule has 0 aliphatic rings. The normalized spacial score (nSPS) is 10.3. The molecule has 0 spiro atoms. The molecule has 0 heterocycles. The first kappa shape index (κ1) is 9.49. The van der Waals surface area contributed by atoms with Crippen molar-refractivity contribution in [2.24, 2.45) is 0 Å². The van der Waals surface area contributed by atoms with Crippen LogP contribution in [0.5, 0.6) is 11.5 Å². The summed E-state index contributed by atoms with van der Waals surface area (Å²) < 4.78 is 4.92. The van der Waals surface area contributed by atoms with E-state index in [1.165, 1.54) is 13.2 Å². The Labute approximate surface area is 80.7 Å². The second kappa shape index (κ2) is 3.87. The van der Waals surface area contributed by atoms with Gasteiger partial charge >= 0.3 is 0 Å². The molecule has 0 radical (unpaired) electrons. The third-order valence-electron chi connectivity index (χ3n) is 1.46. The van der Waals surface area contributed by atoms with Crippen LogP contribution in [0.15, 0.2) is 18.2 Å². The minimum atomic E-state index is -0.688. The van der Waals surface area contributed by atoms with Crippen molar-refractivity contribution in [2.75, 3.05) is 7.11 Å². The van der Waals surface area contributed by atoms with Gasteiger partial charge in [0, 0.05) is 5.56 Å². The standard InChI is InChI=1S/C8H8Cl2O2/c1-12-7-5(8(9)10)3-2-4-6(7)11/h2-4,8,11H,1H3. The first-order chi connectivity index (χ1) is 5.66. The van der Waals surface area contributed by atoms with Gasteiger partial charge in [0.15, 0.2) is 11.5 Å². The van der Waals surface area contributed by atoms with Gasteiger partial charge in [0.1, 0.15) is 4.84 Å². The van der Waals surface area contributed by atoms with Crippen molar-refractivity contribution in [2.45, 2.75) is 4.84 Å². The minimum Gasteiger partial charge on any atom is -0.504 e. The Morgan fingerprint density at radius 1 is 1.42 bits per heavy atom. The third kappa shape index (κ3) is 1.76. The monoisotopic (exact) mass is 206 g/mol. The van der Waals surface area contributed by atoms with E-state index >= 15 is 0 Å². The molecule has 4 heteroatoms. The SMILES string of the molecule is COc1c(O)cccc1C(Cl)Cl. The van der Waals surface area contributed by atoms with E-state index in [0.29, 0.717) is 11.3 Å². The van der Waals surface area contributed by atoms with Crippen molar-refractivity contribution in [1.82, 2.24) is 0 Å². The summed E-state index contributed by atoms with van der Waals surface area (Å²) >= 11 is 11.3. The zero-order valence-corrected chi connectivity index (χ0v) is 7.93. The van der Waals surface area contributed by atoms with Crippen molar-refractivity contribution in [1.29, 1.82) is 0 Å². The lowest BCUT2D eigenvalue weighted by atomic mass is 10.2. The number of rotatable bonds is 2. The molecule has 0 fully saturated rings. The topological polar surface area (TPSA) is 29.5 Å². The highest BCUT2D eigenvalue weighted by Crippen LogP contribution is 2.38. The molecule has 0 saturated heterocycles. The number of benzene rings is 1. The average Bonchev–Trinajstić information content (AvgIpc) is 2.03.